The standard InChI is InChI=1S/C11H16O4S4/c1-6(2)19(13,14)9-7(16-4)8(10(12)15-3)18-11(9)17-5/h6H,1-5H3. The van der Waals surface area contributed by atoms with Gasteiger partial charge in [0.25, 0.3) is 0 Å². The van der Waals surface area contributed by atoms with Gasteiger partial charge in [-0.1, -0.05) is 0 Å². The Morgan fingerprint density at radius 1 is 1.26 bits per heavy atom. The minimum atomic E-state index is -3.42. The molecule has 0 N–H and O–H groups in total. The highest BCUT2D eigenvalue weighted by molar-refractivity contribution is 8.02. The SMILES string of the molecule is COC(=O)c1sc(SC)c(S(=O)(=O)C(C)C)c1SC. The highest BCUT2D eigenvalue weighted by atomic mass is 32.2. The van der Waals surface area contributed by atoms with Gasteiger partial charge in [-0.15, -0.1) is 34.9 Å². The molecule has 1 rings (SSSR count). The Morgan fingerprint density at radius 3 is 2.21 bits per heavy atom. The minimum absolute atomic E-state index is 0.271. The molecule has 0 aromatic carbocycles. The number of hydrogen-bond donors (Lipinski definition) is 0. The molecule has 0 aliphatic carbocycles. The first-order valence-electron chi connectivity index (χ1n) is 5.38. The lowest BCUT2D eigenvalue weighted by atomic mass is 10.5. The second kappa shape index (κ2) is 6.51. The first-order valence-corrected chi connectivity index (χ1v) is 10.2. The van der Waals surface area contributed by atoms with Crippen LogP contribution in [0.1, 0.15) is 23.5 Å². The fourth-order valence-corrected chi connectivity index (χ4v) is 6.88. The van der Waals surface area contributed by atoms with Gasteiger partial charge in [0.1, 0.15) is 9.77 Å². The molecular weight excluding hydrogens is 324 g/mol. The Balaban J connectivity index is 3.63. The van der Waals surface area contributed by atoms with Crippen molar-refractivity contribution in [3.8, 4) is 0 Å². The second-order valence-corrected chi connectivity index (χ2v) is 9.22. The van der Waals surface area contributed by atoms with Crippen LogP contribution in [0.5, 0.6) is 0 Å². The average Bonchev–Trinajstić information content (AvgIpc) is 2.76. The van der Waals surface area contributed by atoms with Gasteiger partial charge in [0.2, 0.25) is 0 Å². The van der Waals surface area contributed by atoms with Crippen LogP contribution in [0.25, 0.3) is 0 Å². The number of thiophene rings is 1. The van der Waals surface area contributed by atoms with Gasteiger partial charge in [0, 0.05) is 0 Å². The summed E-state index contributed by atoms with van der Waals surface area (Å²) in [4.78, 5) is 12.9. The number of carbonyl (C=O) groups is 1. The van der Waals surface area contributed by atoms with Gasteiger partial charge in [-0.2, -0.15) is 0 Å². The van der Waals surface area contributed by atoms with Crippen LogP contribution in [0.2, 0.25) is 0 Å². The van der Waals surface area contributed by atoms with Crippen molar-refractivity contribution in [3.63, 3.8) is 0 Å². The van der Waals surface area contributed by atoms with E-state index in [0.29, 0.717) is 14.0 Å². The molecule has 1 aromatic heterocycles. The zero-order valence-corrected chi connectivity index (χ0v) is 14.6. The van der Waals surface area contributed by atoms with Crippen molar-refractivity contribution in [1.29, 1.82) is 0 Å². The van der Waals surface area contributed by atoms with E-state index in [-0.39, 0.29) is 4.90 Å². The summed E-state index contributed by atoms with van der Waals surface area (Å²) in [5.74, 6) is -0.491. The maximum absolute atomic E-state index is 12.4. The topological polar surface area (TPSA) is 60.4 Å². The summed E-state index contributed by atoms with van der Waals surface area (Å²) in [5, 5.41) is -0.524. The fourth-order valence-electron chi connectivity index (χ4n) is 1.41. The van der Waals surface area contributed by atoms with E-state index in [9.17, 15) is 13.2 Å². The van der Waals surface area contributed by atoms with Crippen molar-refractivity contribution < 1.29 is 17.9 Å². The molecule has 0 saturated heterocycles. The van der Waals surface area contributed by atoms with Gasteiger partial charge < -0.3 is 4.74 Å². The van der Waals surface area contributed by atoms with Crippen LogP contribution < -0.4 is 0 Å². The minimum Gasteiger partial charge on any atom is -0.465 e. The molecule has 0 bridgehead atoms. The summed E-state index contributed by atoms with van der Waals surface area (Å²) < 4.78 is 30.2. The van der Waals surface area contributed by atoms with Crippen molar-refractivity contribution in [1.82, 2.24) is 0 Å². The van der Waals surface area contributed by atoms with Gasteiger partial charge in [-0.3, -0.25) is 0 Å². The average molecular weight is 341 g/mol. The van der Waals surface area contributed by atoms with Crippen molar-refractivity contribution in [2.24, 2.45) is 0 Å². The van der Waals surface area contributed by atoms with Crippen molar-refractivity contribution in [3.05, 3.63) is 4.88 Å². The van der Waals surface area contributed by atoms with Gasteiger partial charge in [0.05, 0.1) is 21.5 Å². The summed E-state index contributed by atoms with van der Waals surface area (Å²) in [7, 11) is -2.13. The normalized spacial score (nSPS) is 11.9. The molecule has 19 heavy (non-hydrogen) atoms. The van der Waals surface area contributed by atoms with E-state index in [0.717, 1.165) is 0 Å². The molecule has 0 aliphatic rings. The lowest BCUT2D eigenvalue weighted by Crippen LogP contribution is -2.15. The molecule has 1 aromatic rings. The Kier molecular flexibility index (Phi) is 5.78. The quantitative estimate of drug-likeness (QED) is 0.606. The third-order valence-corrected chi connectivity index (χ3v) is 8.30. The Morgan fingerprint density at radius 2 is 1.84 bits per heavy atom. The maximum atomic E-state index is 12.4. The zero-order valence-electron chi connectivity index (χ0n) is 11.3. The zero-order chi connectivity index (χ0) is 14.8. The van der Waals surface area contributed by atoms with Crippen LogP contribution >= 0.6 is 34.9 Å². The number of esters is 1. The van der Waals surface area contributed by atoms with Crippen molar-refractivity contribution in [2.75, 3.05) is 19.6 Å². The summed E-state index contributed by atoms with van der Waals surface area (Å²) in [5.41, 5.74) is 0. The lowest BCUT2D eigenvalue weighted by Gasteiger charge is -2.10. The summed E-state index contributed by atoms with van der Waals surface area (Å²) in [6.07, 6.45) is 3.56. The lowest BCUT2D eigenvalue weighted by molar-refractivity contribution is 0.0602. The predicted molar refractivity (Wildman–Crippen MR) is 81.5 cm³/mol. The summed E-state index contributed by atoms with van der Waals surface area (Å²) in [6.45, 7) is 3.28. The Bertz CT molecular complexity index is 572. The van der Waals surface area contributed by atoms with Gasteiger partial charge >= 0.3 is 5.97 Å². The number of hydrogen-bond acceptors (Lipinski definition) is 7. The maximum Gasteiger partial charge on any atom is 0.349 e. The molecule has 8 heteroatoms. The second-order valence-electron chi connectivity index (χ2n) is 3.87. The van der Waals surface area contributed by atoms with E-state index >= 15 is 0 Å². The third-order valence-electron chi connectivity index (χ3n) is 2.46. The van der Waals surface area contributed by atoms with E-state index < -0.39 is 21.1 Å². The monoisotopic (exact) mass is 340 g/mol. The molecule has 4 nitrogen and oxygen atoms in total. The van der Waals surface area contributed by atoms with E-state index in [1.54, 1.807) is 26.4 Å². The van der Waals surface area contributed by atoms with Crippen LogP contribution in [0.3, 0.4) is 0 Å². The van der Waals surface area contributed by atoms with E-state index in [1.807, 2.05) is 0 Å². The molecule has 0 aliphatic heterocycles. The molecule has 0 amide bonds. The first-order chi connectivity index (χ1) is 8.81. The number of thioether (sulfide) groups is 2. The molecular formula is C11H16O4S4. The molecule has 0 fully saturated rings. The van der Waals surface area contributed by atoms with Crippen LogP contribution in [0.4, 0.5) is 0 Å². The molecule has 0 atom stereocenters. The third kappa shape index (κ3) is 3.12. The van der Waals surface area contributed by atoms with E-state index in [1.165, 1.54) is 42.0 Å². The van der Waals surface area contributed by atoms with E-state index in [4.69, 9.17) is 4.74 Å². The molecule has 0 spiro atoms. The molecule has 0 saturated carbocycles. The van der Waals surface area contributed by atoms with Crippen LogP contribution in [-0.4, -0.2) is 39.3 Å². The smallest absolute Gasteiger partial charge is 0.349 e. The highest BCUT2D eigenvalue weighted by Crippen LogP contribution is 2.44. The van der Waals surface area contributed by atoms with E-state index in [2.05, 4.69) is 0 Å². The Labute approximate surface area is 126 Å². The van der Waals surface area contributed by atoms with Crippen molar-refractivity contribution in [2.45, 2.75) is 33.1 Å². The Hall–Kier alpha value is -0.180. The molecule has 0 radical (unpaired) electrons. The fraction of sp³-hybridized carbons (Fsp3) is 0.545. The number of carbonyl (C=O) groups excluding carboxylic acids is 1. The van der Waals surface area contributed by atoms with Crippen LogP contribution in [-0.2, 0) is 14.6 Å². The molecule has 1 heterocycles. The van der Waals surface area contributed by atoms with Crippen LogP contribution in [0, 0.1) is 0 Å². The van der Waals surface area contributed by atoms with Gasteiger partial charge in [-0.25, -0.2) is 13.2 Å². The molecule has 0 unspecified atom stereocenters. The number of ether oxygens (including phenoxy) is 1. The predicted octanol–water partition coefficient (Wildman–Crippen LogP) is 3.16. The molecule has 108 valence electrons. The van der Waals surface area contributed by atoms with Gasteiger partial charge in [0.15, 0.2) is 9.84 Å². The number of methoxy groups -OCH3 is 1. The van der Waals surface area contributed by atoms with Crippen LogP contribution in [0.15, 0.2) is 14.0 Å². The largest absolute Gasteiger partial charge is 0.465 e. The van der Waals surface area contributed by atoms with Crippen molar-refractivity contribution >= 4 is 50.7 Å². The first kappa shape index (κ1) is 16.9. The summed E-state index contributed by atoms with van der Waals surface area (Å²) >= 11 is 3.78. The highest BCUT2D eigenvalue weighted by Gasteiger charge is 2.32. The van der Waals surface area contributed by atoms with Gasteiger partial charge in [-0.05, 0) is 26.4 Å². The number of sulfone groups is 1. The summed E-state index contributed by atoms with van der Waals surface area (Å²) in [6, 6.07) is 0. The number of rotatable bonds is 5.